The van der Waals surface area contributed by atoms with Gasteiger partial charge in [-0.25, -0.2) is 0 Å². The molecule has 0 saturated heterocycles. The Kier molecular flexibility index (Phi) is 7.99. The quantitative estimate of drug-likeness (QED) is 0.199. The zero-order valence-corrected chi connectivity index (χ0v) is 19.7. The van der Waals surface area contributed by atoms with Crippen LogP contribution in [0.15, 0.2) is 46.6 Å². The highest BCUT2D eigenvalue weighted by Crippen LogP contribution is 2.36. The highest BCUT2D eigenvalue weighted by atomic mass is 32.1. The number of hydrogen-bond acceptors (Lipinski definition) is 12. The molecule has 0 spiro atoms. The summed E-state index contributed by atoms with van der Waals surface area (Å²) in [4.78, 5) is 47.5. The summed E-state index contributed by atoms with van der Waals surface area (Å²) in [6.45, 7) is 0.833. The van der Waals surface area contributed by atoms with E-state index in [0.717, 1.165) is 11.5 Å². The second-order valence-corrected chi connectivity index (χ2v) is 7.79. The first-order valence-corrected chi connectivity index (χ1v) is 10.7. The third-order valence-corrected chi connectivity index (χ3v) is 5.41. The molecule has 1 amide bonds. The second kappa shape index (κ2) is 11.1. The maximum Gasteiger partial charge on any atom is 0.325 e. The standard InChI is InChI=1S/C21H20N6O7S/c1-12(28)22-18-9-13(26(10-19(29)33-2)11-20(30)34-3)4-7-17(18)23-24-21-15-8-14(27(31)32)5-6-16(15)25-35-21/h4-9H,10-11H2,1-3H3,(H,22,28). The number of benzene rings is 2. The second-order valence-electron chi connectivity index (χ2n) is 7.04. The maximum absolute atomic E-state index is 11.8. The Bertz CT molecular complexity index is 1300. The van der Waals surface area contributed by atoms with Gasteiger partial charge in [0.2, 0.25) is 5.91 Å². The molecule has 0 aliphatic carbocycles. The smallest absolute Gasteiger partial charge is 0.325 e. The van der Waals surface area contributed by atoms with E-state index < -0.39 is 16.9 Å². The zero-order valence-electron chi connectivity index (χ0n) is 18.9. The SMILES string of the molecule is COC(=O)CN(CC(=O)OC)c1ccc(N=Nc2snc3ccc([N+](=O)[O-])cc23)c(NC(C)=O)c1. The average Bonchev–Trinajstić information content (AvgIpc) is 3.24. The summed E-state index contributed by atoms with van der Waals surface area (Å²) in [7, 11) is 2.45. The minimum atomic E-state index is -0.579. The number of amides is 1. The Labute approximate surface area is 202 Å². The van der Waals surface area contributed by atoms with E-state index in [4.69, 9.17) is 9.47 Å². The molecule has 2 aromatic carbocycles. The van der Waals surface area contributed by atoms with Crippen molar-refractivity contribution in [3.8, 4) is 0 Å². The zero-order chi connectivity index (χ0) is 25.5. The number of nitro groups is 1. The van der Waals surface area contributed by atoms with Gasteiger partial charge in [-0.1, -0.05) is 0 Å². The van der Waals surface area contributed by atoms with Crippen LogP contribution < -0.4 is 10.2 Å². The molecular weight excluding hydrogens is 480 g/mol. The van der Waals surface area contributed by atoms with Crippen LogP contribution in [0.4, 0.5) is 27.8 Å². The molecule has 0 aliphatic heterocycles. The van der Waals surface area contributed by atoms with Crippen molar-refractivity contribution in [2.24, 2.45) is 10.2 Å². The van der Waals surface area contributed by atoms with Crippen LogP contribution >= 0.6 is 11.5 Å². The van der Waals surface area contributed by atoms with Gasteiger partial charge in [0.05, 0.1) is 30.3 Å². The fourth-order valence-electron chi connectivity index (χ4n) is 2.98. The number of fused-ring (bicyclic) bond motifs is 1. The van der Waals surface area contributed by atoms with Crippen LogP contribution in [0, 0.1) is 10.1 Å². The van der Waals surface area contributed by atoms with Gasteiger partial charge in [0.1, 0.15) is 18.8 Å². The molecule has 35 heavy (non-hydrogen) atoms. The topological polar surface area (TPSA) is 166 Å². The molecule has 1 aromatic heterocycles. The van der Waals surface area contributed by atoms with Crippen LogP contribution in [0.1, 0.15) is 6.92 Å². The molecule has 0 fully saturated rings. The van der Waals surface area contributed by atoms with Crippen LogP contribution in [-0.2, 0) is 23.9 Å². The van der Waals surface area contributed by atoms with E-state index in [1.165, 1.54) is 56.4 Å². The molecule has 0 unspecified atom stereocenters. The van der Waals surface area contributed by atoms with Crippen LogP contribution in [0.3, 0.4) is 0 Å². The summed E-state index contributed by atoms with van der Waals surface area (Å²) in [6.07, 6.45) is 0. The van der Waals surface area contributed by atoms with Crippen LogP contribution in [0.2, 0.25) is 0 Å². The number of methoxy groups -OCH3 is 2. The number of esters is 2. The molecule has 14 heteroatoms. The van der Waals surface area contributed by atoms with Crippen molar-refractivity contribution in [3.05, 3.63) is 46.5 Å². The Balaban J connectivity index is 1.98. The van der Waals surface area contributed by atoms with E-state index in [1.807, 2.05) is 0 Å². The largest absolute Gasteiger partial charge is 0.468 e. The number of anilines is 2. The molecule has 0 bridgehead atoms. The van der Waals surface area contributed by atoms with Crippen molar-refractivity contribution < 1.29 is 28.8 Å². The van der Waals surface area contributed by atoms with Gasteiger partial charge in [-0.3, -0.25) is 24.5 Å². The van der Waals surface area contributed by atoms with E-state index in [-0.39, 0.29) is 36.1 Å². The van der Waals surface area contributed by atoms with Crippen molar-refractivity contribution in [1.29, 1.82) is 0 Å². The van der Waals surface area contributed by atoms with E-state index in [0.29, 0.717) is 21.6 Å². The van der Waals surface area contributed by atoms with Crippen LogP contribution in [-0.4, -0.2) is 54.5 Å². The van der Waals surface area contributed by atoms with Gasteiger partial charge >= 0.3 is 11.9 Å². The lowest BCUT2D eigenvalue weighted by Crippen LogP contribution is -2.35. The molecule has 182 valence electrons. The molecule has 0 saturated carbocycles. The molecule has 0 atom stereocenters. The van der Waals surface area contributed by atoms with Gasteiger partial charge < -0.3 is 19.7 Å². The fourth-order valence-corrected chi connectivity index (χ4v) is 3.66. The van der Waals surface area contributed by atoms with E-state index >= 15 is 0 Å². The monoisotopic (exact) mass is 500 g/mol. The number of non-ortho nitro benzene ring substituents is 1. The predicted octanol–water partition coefficient (Wildman–Crippen LogP) is 3.73. The summed E-state index contributed by atoms with van der Waals surface area (Å²) in [6, 6.07) is 8.89. The Morgan fingerprint density at radius 3 is 2.37 bits per heavy atom. The summed E-state index contributed by atoms with van der Waals surface area (Å²) >= 11 is 1.02. The lowest BCUT2D eigenvalue weighted by atomic mass is 10.2. The number of carbonyl (C=O) groups excluding carboxylic acids is 3. The van der Waals surface area contributed by atoms with Crippen molar-refractivity contribution in [2.45, 2.75) is 6.92 Å². The van der Waals surface area contributed by atoms with Gasteiger partial charge in [0.25, 0.3) is 5.69 Å². The average molecular weight is 500 g/mol. The first kappa shape index (κ1) is 25.2. The number of carbonyl (C=O) groups is 3. The van der Waals surface area contributed by atoms with Gasteiger partial charge in [-0.05, 0) is 35.8 Å². The van der Waals surface area contributed by atoms with Crippen LogP contribution in [0.5, 0.6) is 0 Å². The first-order chi connectivity index (χ1) is 16.7. The van der Waals surface area contributed by atoms with Crippen molar-refractivity contribution in [1.82, 2.24) is 4.37 Å². The molecule has 1 N–H and O–H groups in total. The number of azo groups is 1. The Hall–Kier alpha value is -4.46. The number of nitrogens with zero attached hydrogens (tertiary/aromatic N) is 5. The molecule has 13 nitrogen and oxygen atoms in total. The van der Waals surface area contributed by atoms with Crippen molar-refractivity contribution >= 4 is 68.0 Å². The summed E-state index contributed by atoms with van der Waals surface area (Å²) in [5.74, 6) is -1.54. The molecule has 3 aromatic rings. The van der Waals surface area contributed by atoms with E-state index in [1.54, 1.807) is 6.07 Å². The molecule has 0 aliphatic rings. The van der Waals surface area contributed by atoms with Crippen LogP contribution in [0.25, 0.3) is 10.9 Å². The van der Waals surface area contributed by atoms with Crippen molar-refractivity contribution in [2.75, 3.05) is 37.5 Å². The maximum atomic E-state index is 11.8. The summed E-state index contributed by atoms with van der Waals surface area (Å²) in [5, 5.41) is 22.9. The normalized spacial score (nSPS) is 10.8. The Morgan fingerprint density at radius 2 is 1.77 bits per heavy atom. The number of hydrogen-bond donors (Lipinski definition) is 1. The highest BCUT2D eigenvalue weighted by Gasteiger charge is 2.18. The van der Waals surface area contributed by atoms with E-state index in [9.17, 15) is 24.5 Å². The summed E-state index contributed by atoms with van der Waals surface area (Å²) < 4.78 is 13.6. The minimum Gasteiger partial charge on any atom is -0.468 e. The van der Waals surface area contributed by atoms with Gasteiger partial charge in [-0.2, -0.15) is 4.37 Å². The molecular formula is C21H20N6O7S. The first-order valence-electron chi connectivity index (χ1n) is 9.97. The molecule has 1 heterocycles. The third-order valence-electron chi connectivity index (χ3n) is 4.65. The third kappa shape index (κ3) is 6.32. The number of ether oxygens (including phenoxy) is 2. The van der Waals surface area contributed by atoms with Gasteiger partial charge in [0, 0.05) is 30.1 Å². The number of nitrogens with one attached hydrogen (secondary N) is 1. The fraction of sp³-hybridized carbons (Fsp3) is 0.238. The van der Waals surface area contributed by atoms with Crippen molar-refractivity contribution in [3.63, 3.8) is 0 Å². The lowest BCUT2D eigenvalue weighted by Gasteiger charge is -2.23. The number of aromatic nitrogens is 1. The van der Waals surface area contributed by atoms with Gasteiger partial charge in [-0.15, -0.1) is 10.2 Å². The lowest BCUT2D eigenvalue weighted by molar-refractivity contribution is -0.384. The Morgan fingerprint density at radius 1 is 1.09 bits per heavy atom. The highest BCUT2D eigenvalue weighted by molar-refractivity contribution is 7.11. The minimum absolute atomic E-state index is 0.103. The number of rotatable bonds is 9. The molecule has 0 radical (unpaired) electrons. The van der Waals surface area contributed by atoms with Gasteiger partial charge in [0.15, 0.2) is 5.00 Å². The molecule has 3 rings (SSSR count). The summed E-state index contributed by atoms with van der Waals surface area (Å²) in [5.41, 5.74) is 1.38. The van der Waals surface area contributed by atoms with E-state index in [2.05, 4.69) is 19.9 Å². The predicted molar refractivity (Wildman–Crippen MR) is 127 cm³/mol. The number of nitro benzene ring substituents is 1.